The molecular formula is C29H35N3O. The number of rotatable bonds is 8. The van der Waals surface area contributed by atoms with Crippen molar-refractivity contribution in [3.8, 4) is 0 Å². The van der Waals surface area contributed by atoms with Gasteiger partial charge in [-0.3, -0.25) is 14.7 Å². The number of aromatic nitrogens is 1. The molecule has 0 aliphatic carbocycles. The summed E-state index contributed by atoms with van der Waals surface area (Å²) in [5.41, 5.74) is 4.75. The largest absolute Gasteiger partial charge is 0.338 e. The number of likely N-dealkylation sites (tertiary alicyclic amines) is 1. The summed E-state index contributed by atoms with van der Waals surface area (Å²) >= 11 is 0. The van der Waals surface area contributed by atoms with Gasteiger partial charge in [-0.1, -0.05) is 62.4 Å². The lowest BCUT2D eigenvalue weighted by Crippen LogP contribution is -2.39. The summed E-state index contributed by atoms with van der Waals surface area (Å²) in [6.45, 7) is 11.0. The Bertz CT molecular complexity index is 1040. The minimum atomic E-state index is 0.138. The lowest BCUT2D eigenvalue weighted by Gasteiger charge is -2.30. The van der Waals surface area contributed by atoms with Crippen LogP contribution in [0, 0.1) is 18.8 Å². The number of carbonyl (C=O) groups is 1. The van der Waals surface area contributed by atoms with Crippen molar-refractivity contribution < 1.29 is 4.79 Å². The molecule has 0 spiro atoms. The molecule has 2 heterocycles. The fourth-order valence-corrected chi connectivity index (χ4v) is 5.11. The fraction of sp³-hybridized carbons (Fsp3) is 0.379. The second-order valence-electron chi connectivity index (χ2n) is 9.75. The second-order valence-corrected chi connectivity index (χ2v) is 9.75. The quantitative estimate of drug-likeness (QED) is 0.469. The van der Waals surface area contributed by atoms with E-state index in [9.17, 15) is 4.79 Å². The van der Waals surface area contributed by atoms with Gasteiger partial charge >= 0.3 is 0 Å². The summed E-state index contributed by atoms with van der Waals surface area (Å²) in [6.07, 6.45) is 3.78. The van der Waals surface area contributed by atoms with Gasteiger partial charge in [0.25, 0.3) is 5.91 Å². The van der Waals surface area contributed by atoms with Gasteiger partial charge in [0, 0.05) is 56.6 Å². The highest BCUT2D eigenvalue weighted by molar-refractivity contribution is 5.94. The molecule has 0 N–H and O–H groups in total. The molecule has 1 aliphatic rings. The number of pyridine rings is 1. The summed E-state index contributed by atoms with van der Waals surface area (Å²) in [6, 6.07) is 22.6. The number of benzene rings is 2. The number of aryl methyl sites for hydroxylation is 1. The summed E-state index contributed by atoms with van der Waals surface area (Å²) in [7, 11) is 0. The molecule has 1 amide bonds. The van der Waals surface area contributed by atoms with E-state index in [1.807, 2.05) is 48.8 Å². The van der Waals surface area contributed by atoms with E-state index in [1.54, 1.807) is 0 Å². The lowest BCUT2D eigenvalue weighted by atomic mass is 9.86. The predicted octanol–water partition coefficient (Wildman–Crippen LogP) is 5.40. The van der Waals surface area contributed by atoms with E-state index in [0.717, 1.165) is 38.3 Å². The van der Waals surface area contributed by atoms with Gasteiger partial charge in [-0.05, 0) is 53.6 Å². The van der Waals surface area contributed by atoms with Crippen molar-refractivity contribution in [2.75, 3.05) is 26.2 Å². The maximum absolute atomic E-state index is 13.5. The second kappa shape index (κ2) is 10.8. The first kappa shape index (κ1) is 23.2. The minimum absolute atomic E-state index is 0.138. The van der Waals surface area contributed by atoms with E-state index in [1.165, 1.54) is 16.7 Å². The summed E-state index contributed by atoms with van der Waals surface area (Å²) in [4.78, 5) is 22.4. The Labute approximate surface area is 198 Å². The van der Waals surface area contributed by atoms with Crippen LogP contribution in [0.25, 0.3) is 0 Å². The highest BCUT2D eigenvalue weighted by Crippen LogP contribution is 2.36. The zero-order valence-corrected chi connectivity index (χ0v) is 20.0. The molecule has 1 saturated heterocycles. The molecule has 0 bridgehead atoms. The SMILES string of the molecule is Cc1ccccc1C1CN(Cc2cccnc2)CC1CN(CC(C)C)C(=O)c1ccccc1. The van der Waals surface area contributed by atoms with E-state index >= 15 is 0 Å². The van der Waals surface area contributed by atoms with Crippen molar-refractivity contribution in [2.45, 2.75) is 33.2 Å². The average molecular weight is 442 g/mol. The van der Waals surface area contributed by atoms with Gasteiger partial charge < -0.3 is 4.90 Å². The molecule has 1 fully saturated rings. The zero-order chi connectivity index (χ0) is 23.2. The molecule has 33 heavy (non-hydrogen) atoms. The zero-order valence-electron chi connectivity index (χ0n) is 20.0. The molecule has 2 aromatic carbocycles. The molecule has 4 heteroatoms. The smallest absolute Gasteiger partial charge is 0.253 e. The number of amides is 1. The van der Waals surface area contributed by atoms with Crippen molar-refractivity contribution in [1.29, 1.82) is 0 Å². The Hall–Kier alpha value is -2.98. The van der Waals surface area contributed by atoms with Crippen LogP contribution >= 0.6 is 0 Å². The summed E-state index contributed by atoms with van der Waals surface area (Å²) < 4.78 is 0. The average Bonchev–Trinajstić information content (AvgIpc) is 3.21. The van der Waals surface area contributed by atoms with Crippen LogP contribution in [0.5, 0.6) is 0 Å². The molecule has 4 rings (SSSR count). The van der Waals surface area contributed by atoms with Crippen LogP contribution < -0.4 is 0 Å². The van der Waals surface area contributed by atoms with E-state index in [4.69, 9.17) is 0 Å². The molecule has 2 unspecified atom stereocenters. The Balaban J connectivity index is 1.59. The molecule has 3 aromatic rings. The minimum Gasteiger partial charge on any atom is -0.338 e. The van der Waals surface area contributed by atoms with Crippen LogP contribution in [-0.2, 0) is 6.54 Å². The first-order chi connectivity index (χ1) is 16.0. The third kappa shape index (κ3) is 5.88. The molecular weight excluding hydrogens is 406 g/mol. The number of nitrogens with zero attached hydrogens (tertiary/aromatic N) is 3. The van der Waals surface area contributed by atoms with Crippen LogP contribution in [0.4, 0.5) is 0 Å². The number of hydrogen-bond acceptors (Lipinski definition) is 3. The Morgan fingerprint density at radius 1 is 1.03 bits per heavy atom. The van der Waals surface area contributed by atoms with Gasteiger partial charge in [0.15, 0.2) is 0 Å². The van der Waals surface area contributed by atoms with Crippen LogP contribution in [0.15, 0.2) is 79.1 Å². The highest BCUT2D eigenvalue weighted by atomic mass is 16.2. The first-order valence-electron chi connectivity index (χ1n) is 12.0. The van der Waals surface area contributed by atoms with Crippen molar-refractivity contribution >= 4 is 5.91 Å². The van der Waals surface area contributed by atoms with Gasteiger partial charge in [0.1, 0.15) is 0 Å². The molecule has 1 aromatic heterocycles. The fourth-order valence-electron chi connectivity index (χ4n) is 5.11. The van der Waals surface area contributed by atoms with Gasteiger partial charge in [-0.25, -0.2) is 0 Å². The lowest BCUT2D eigenvalue weighted by molar-refractivity contribution is 0.0703. The van der Waals surface area contributed by atoms with Gasteiger partial charge in [0.05, 0.1) is 0 Å². The van der Waals surface area contributed by atoms with Crippen LogP contribution in [0.2, 0.25) is 0 Å². The van der Waals surface area contributed by atoms with Crippen molar-refractivity contribution in [1.82, 2.24) is 14.8 Å². The van der Waals surface area contributed by atoms with Crippen LogP contribution in [0.1, 0.15) is 46.8 Å². The molecule has 172 valence electrons. The monoisotopic (exact) mass is 441 g/mol. The van der Waals surface area contributed by atoms with Crippen molar-refractivity contribution in [3.63, 3.8) is 0 Å². The van der Waals surface area contributed by atoms with E-state index in [2.05, 4.69) is 65.9 Å². The summed E-state index contributed by atoms with van der Waals surface area (Å²) in [5, 5.41) is 0. The third-order valence-corrected chi connectivity index (χ3v) is 6.58. The molecule has 0 radical (unpaired) electrons. The first-order valence-corrected chi connectivity index (χ1v) is 12.0. The van der Waals surface area contributed by atoms with Gasteiger partial charge in [-0.15, -0.1) is 0 Å². The molecule has 2 atom stereocenters. The molecule has 4 nitrogen and oxygen atoms in total. The van der Waals surface area contributed by atoms with Gasteiger partial charge in [-0.2, -0.15) is 0 Å². The van der Waals surface area contributed by atoms with Crippen LogP contribution in [-0.4, -0.2) is 46.9 Å². The van der Waals surface area contributed by atoms with Crippen molar-refractivity contribution in [2.24, 2.45) is 11.8 Å². The van der Waals surface area contributed by atoms with Crippen molar-refractivity contribution in [3.05, 3.63) is 101 Å². The third-order valence-electron chi connectivity index (χ3n) is 6.58. The van der Waals surface area contributed by atoms with E-state index in [-0.39, 0.29) is 5.91 Å². The maximum Gasteiger partial charge on any atom is 0.253 e. The standard InChI is InChI=1S/C29H35N3O/c1-22(2)17-32(29(33)25-12-5-4-6-13-25)20-26-19-31(18-24-11-9-15-30-16-24)21-28(26)27-14-8-7-10-23(27)3/h4-16,22,26,28H,17-21H2,1-3H3. The Morgan fingerprint density at radius 2 is 1.79 bits per heavy atom. The number of carbonyl (C=O) groups excluding carboxylic acids is 1. The van der Waals surface area contributed by atoms with Gasteiger partial charge in [0.2, 0.25) is 0 Å². The normalized spacial score (nSPS) is 18.5. The topological polar surface area (TPSA) is 36.4 Å². The molecule has 1 aliphatic heterocycles. The van der Waals surface area contributed by atoms with E-state index in [0.29, 0.717) is 17.8 Å². The summed E-state index contributed by atoms with van der Waals surface area (Å²) in [5.74, 6) is 1.34. The maximum atomic E-state index is 13.5. The number of hydrogen-bond donors (Lipinski definition) is 0. The van der Waals surface area contributed by atoms with Crippen LogP contribution in [0.3, 0.4) is 0 Å². The van der Waals surface area contributed by atoms with E-state index < -0.39 is 0 Å². The highest BCUT2D eigenvalue weighted by Gasteiger charge is 2.36. The predicted molar refractivity (Wildman–Crippen MR) is 134 cm³/mol. The Morgan fingerprint density at radius 3 is 2.48 bits per heavy atom. The molecule has 0 saturated carbocycles. The Kier molecular flexibility index (Phi) is 7.56.